The number of amides is 1. The fraction of sp³-hybridized carbons (Fsp3) is 0.389. The van der Waals surface area contributed by atoms with E-state index in [1.807, 2.05) is 6.92 Å². The predicted octanol–water partition coefficient (Wildman–Crippen LogP) is 1.58. The number of aryl methyl sites for hydroxylation is 1. The third-order valence-corrected chi connectivity index (χ3v) is 5.56. The lowest BCUT2D eigenvalue weighted by Crippen LogP contribution is -2.32. The third kappa shape index (κ3) is 5.48. The largest absolute Gasteiger partial charge is 0.326 e. The van der Waals surface area contributed by atoms with E-state index in [-0.39, 0.29) is 29.5 Å². The van der Waals surface area contributed by atoms with Gasteiger partial charge in [0.2, 0.25) is 15.9 Å². The molecule has 0 aliphatic carbocycles. The molecule has 1 heterocycles. The lowest BCUT2D eigenvalue weighted by molar-refractivity contribution is -0.116. The Bertz CT molecular complexity index is 966. The first-order valence-electron chi connectivity index (χ1n) is 8.67. The molecule has 27 heavy (non-hydrogen) atoms. The summed E-state index contributed by atoms with van der Waals surface area (Å²) in [6, 6.07) is 5.93. The van der Waals surface area contributed by atoms with E-state index in [9.17, 15) is 18.0 Å². The van der Waals surface area contributed by atoms with Crippen LogP contribution in [0.25, 0.3) is 0 Å². The Morgan fingerprint density at radius 3 is 2.48 bits per heavy atom. The summed E-state index contributed by atoms with van der Waals surface area (Å²) in [6.45, 7) is 5.58. The van der Waals surface area contributed by atoms with Gasteiger partial charge in [-0.3, -0.25) is 14.2 Å². The van der Waals surface area contributed by atoms with Crippen molar-refractivity contribution < 1.29 is 13.2 Å². The van der Waals surface area contributed by atoms with Gasteiger partial charge in [0, 0.05) is 36.5 Å². The van der Waals surface area contributed by atoms with Gasteiger partial charge in [0.25, 0.3) is 5.56 Å². The van der Waals surface area contributed by atoms with Crippen LogP contribution in [0.1, 0.15) is 31.0 Å². The van der Waals surface area contributed by atoms with E-state index in [0.29, 0.717) is 23.4 Å². The minimum absolute atomic E-state index is 0.0570. The van der Waals surface area contributed by atoms with E-state index in [2.05, 4.69) is 15.0 Å². The summed E-state index contributed by atoms with van der Waals surface area (Å²) >= 11 is 0. The molecule has 8 nitrogen and oxygen atoms in total. The summed E-state index contributed by atoms with van der Waals surface area (Å²) < 4.78 is 28.6. The Kier molecular flexibility index (Phi) is 6.86. The normalized spacial score (nSPS) is 11.4. The molecule has 0 bridgehead atoms. The number of carbonyl (C=O) groups is 1. The zero-order valence-corrected chi connectivity index (χ0v) is 16.5. The van der Waals surface area contributed by atoms with E-state index < -0.39 is 10.0 Å². The van der Waals surface area contributed by atoms with E-state index in [1.165, 1.54) is 23.0 Å². The van der Waals surface area contributed by atoms with E-state index >= 15 is 0 Å². The molecule has 0 unspecified atom stereocenters. The van der Waals surface area contributed by atoms with Crippen LogP contribution in [0.4, 0.5) is 5.69 Å². The van der Waals surface area contributed by atoms with Crippen LogP contribution in [0.2, 0.25) is 0 Å². The molecule has 1 aromatic carbocycles. The first kappa shape index (κ1) is 20.8. The summed E-state index contributed by atoms with van der Waals surface area (Å²) in [6.07, 6.45) is 2.56. The van der Waals surface area contributed by atoms with Gasteiger partial charge >= 0.3 is 0 Å². The van der Waals surface area contributed by atoms with Gasteiger partial charge < -0.3 is 5.32 Å². The minimum atomic E-state index is -3.72. The van der Waals surface area contributed by atoms with Crippen LogP contribution in [0.15, 0.2) is 40.3 Å². The highest BCUT2D eigenvalue weighted by Gasteiger charge is 2.14. The number of anilines is 1. The smallest absolute Gasteiger partial charge is 0.256 e. The van der Waals surface area contributed by atoms with Gasteiger partial charge in [-0.15, -0.1) is 0 Å². The highest BCUT2D eigenvalue weighted by Crippen LogP contribution is 2.14. The van der Waals surface area contributed by atoms with Crippen molar-refractivity contribution in [3.8, 4) is 0 Å². The Morgan fingerprint density at radius 2 is 1.85 bits per heavy atom. The molecule has 0 saturated carbocycles. The molecule has 2 N–H and O–H groups in total. The average Bonchev–Trinajstić information content (AvgIpc) is 2.62. The molecule has 1 amide bonds. The Morgan fingerprint density at radius 1 is 1.19 bits per heavy atom. The molecular formula is C18H24N4O4S. The number of rotatable bonds is 8. The third-order valence-electron chi connectivity index (χ3n) is 4.09. The van der Waals surface area contributed by atoms with Crippen molar-refractivity contribution in [3.05, 3.63) is 52.2 Å². The number of aromatic nitrogens is 2. The molecule has 0 fully saturated rings. The van der Waals surface area contributed by atoms with Crippen molar-refractivity contribution in [2.45, 2.75) is 45.1 Å². The second-order valence-corrected chi connectivity index (χ2v) is 7.94. The number of nitrogens with zero attached hydrogens (tertiary/aromatic N) is 2. The van der Waals surface area contributed by atoms with Gasteiger partial charge in [0.05, 0.1) is 11.2 Å². The molecule has 0 aliphatic heterocycles. The molecule has 2 aromatic rings. The maximum absolute atomic E-state index is 12.4. The van der Waals surface area contributed by atoms with Gasteiger partial charge in [-0.05, 0) is 44.5 Å². The van der Waals surface area contributed by atoms with Crippen LogP contribution in [0.5, 0.6) is 0 Å². The molecule has 2 rings (SSSR count). The Balaban J connectivity index is 1.99. The number of nitrogens with one attached hydrogen (secondary N) is 2. The summed E-state index contributed by atoms with van der Waals surface area (Å²) in [5, 5.41) is 2.70. The molecule has 1 aromatic heterocycles. The molecule has 0 radical (unpaired) electrons. The summed E-state index contributed by atoms with van der Waals surface area (Å²) in [5.74, 6) is -0.112. The van der Waals surface area contributed by atoms with Crippen molar-refractivity contribution >= 4 is 21.6 Å². The predicted molar refractivity (Wildman–Crippen MR) is 103 cm³/mol. The molecule has 0 atom stereocenters. The van der Waals surface area contributed by atoms with Gasteiger partial charge in [0.15, 0.2) is 0 Å². The summed E-state index contributed by atoms with van der Waals surface area (Å²) in [7, 11) is -3.72. The monoisotopic (exact) mass is 392 g/mol. The van der Waals surface area contributed by atoms with Crippen LogP contribution >= 0.6 is 0 Å². The van der Waals surface area contributed by atoms with Gasteiger partial charge in [0.1, 0.15) is 0 Å². The van der Waals surface area contributed by atoms with E-state index in [1.54, 1.807) is 26.0 Å². The van der Waals surface area contributed by atoms with Crippen LogP contribution in [0.3, 0.4) is 0 Å². The highest BCUT2D eigenvalue weighted by atomic mass is 32.2. The molecule has 9 heteroatoms. The minimum Gasteiger partial charge on any atom is -0.326 e. The topological polar surface area (TPSA) is 110 Å². The summed E-state index contributed by atoms with van der Waals surface area (Å²) in [5.41, 5.74) is 1.55. The first-order valence-corrected chi connectivity index (χ1v) is 10.1. The second kappa shape index (κ2) is 8.92. The first-order chi connectivity index (χ1) is 12.7. The van der Waals surface area contributed by atoms with Crippen LogP contribution in [0, 0.1) is 13.8 Å². The van der Waals surface area contributed by atoms with Crippen LogP contribution in [-0.4, -0.2) is 30.4 Å². The maximum atomic E-state index is 12.4. The zero-order chi connectivity index (χ0) is 20.0. The fourth-order valence-corrected chi connectivity index (χ4v) is 3.41. The van der Waals surface area contributed by atoms with Crippen LogP contribution < -0.4 is 15.6 Å². The van der Waals surface area contributed by atoms with E-state index in [4.69, 9.17) is 0 Å². The van der Waals surface area contributed by atoms with E-state index in [0.717, 1.165) is 6.42 Å². The molecule has 0 saturated heterocycles. The number of benzene rings is 1. The molecule has 0 aliphatic rings. The van der Waals surface area contributed by atoms with Crippen molar-refractivity contribution in [1.29, 1.82) is 0 Å². The zero-order valence-electron chi connectivity index (χ0n) is 15.7. The second-order valence-electron chi connectivity index (χ2n) is 6.17. The standard InChI is InChI=1S/C18H24N4O4S/c1-4-5-17(23)21-15-6-8-16(9-7-15)27(25,26)20-10-11-22-12-19-14(3)13(2)18(22)24/h6-9,12,20H,4-5,10-11H2,1-3H3,(H,21,23). The molecule has 0 spiro atoms. The van der Waals surface area contributed by atoms with Gasteiger partial charge in [-0.1, -0.05) is 6.92 Å². The number of hydrogen-bond donors (Lipinski definition) is 2. The maximum Gasteiger partial charge on any atom is 0.256 e. The lowest BCUT2D eigenvalue weighted by atomic mass is 10.3. The van der Waals surface area contributed by atoms with Crippen LogP contribution in [-0.2, 0) is 21.4 Å². The Labute approximate surface area is 158 Å². The Hall–Kier alpha value is -2.52. The summed E-state index contributed by atoms with van der Waals surface area (Å²) in [4.78, 5) is 27.9. The fourth-order valence-electron chi connectivity index (χ4n) is 2.39. The van der Waals surface area contributed by atoms with Gasteiger partial charge in [-0.2, -0.15) is 0 Å². The SMILES string of the molecule is CCCC(=O)Nc1ccc(S(=O)(=O)NCCn2cnc(C)c(C)c2=O)cc1. The number of hydrogen-bond acceptors (Lipinski definition) is 5. The lowest BCUT2D eigenvalue weighted by Gasteiger charge is -2.10. The highest BCUT2D eigenvalue weighted by molar-refractivity contribution is 7.89. The van der Waals surface area contributed by atoms with Crippen molar-refractivity contribution in [1.82, 2.24) is 14.3 Å². The van der Waals surface area contributed by atoms with Crippen molar-refractivity contribution in [2.75, 3.05) is 11.9 Å². The number of carbonyl (C=O) groups excluding carboxylic acids is 1. The quantitative estimate of drug-likeness (QED) is 0.709. The van der Waals surface area contributed by atoms with Crippen molar-refractivity contribution in [2.24, 2.45) is 0 Å². The molecule has 146 valence electrons. The average molecular weight is 392 g/mol. The molecular weight excluding hydrogens is 368 g/mol. The van der Waals surface area contributed by atoms with Crippen molar-refractivity contribution in [3.63, 3.8) is 0 Å². The number of sulfonamides is 1. The van der Waals surface area contributed by atoms with Gasteiger partial charge in [-0.25, -0.2) is 18.1 Å².